The highest BCUT2D eigenvalue weighted by Crippen LogP contribution is 2.40. The van der Waals surface area contributed by atoms with Gasteiger partial charge in [0, 0.05) is 17.5 Å². The van der Waals surface area contributed by atoms with E-state index in [4.69, 9.17) is 16.3 Å². The van der Waals surface area contributed by atoms with E-state index in [1.54, 1.807) is 7.11 Å². The fourth-order valence-corrected chi connectivity index (χ4v) is 3.51. The molecule has 3 heteroatoms. The molecule has 1 fully saturated rings. The van der Waals surface area contributed by atoms with Crippen LogP contribution in [0.5, 0.6) is 5.75 Å². The third-order valence-electron chi connectivity index (χ3n) is 4.31. The Hall–Kier alpha value is -1.51. The van der Waals surface area contributed by atoms with E-state index in [9.17, 15) is 0 Å². The molecule has 2 nitrogen and oxygen atoms in total. The Morgan fingerprint density at radius 3 is 2.76 bits per heavy atom. The first-order chi connectivity index (χ1) is 10.3. The zero-order valence-corrected chi connectivity index (χ0v) is 12.9. The molecule has 2 atom stereocenters. The Morgan fingerprint density at radius 1 is 1.10 bits per heavy atom. The molecular formula is C18H20ClNO. The predicted octanol–water partition coefficient (Wildman–Crippen LogP) is 4.21. The maximum absolute atomic E-state index is 6.42. The Labute approximate surface area is 131 Å². The molecular weight excluding hydrogens is 282 g/mol. The normalized spacial score (nSPS) is 22.0. The summed E-state index contributed by atoms with van der Waals surface area (Å²) in [5, 5.41) is 4.36. The van der Waals surface area contributed by atoms with Crippen molar-refractivity contribution in [1.82, 2.24) is 5.32 Å². The fraction of sp³-hybridized carbons (Fsp3) is 0.333. The van der Waals surface area contributed by atoms with Gasteiger partial charge in [-0.3, -0.25) is 0 Å². The molecule has 1 aliphatic heterocycles. The Kier molecular flexibility index (Phi) is 4.47. The number of ether oxygens (including phenoxy) is 1. The smallest absolute Gasteiger partial charge is 0.119 e. The van der Waals surface area contributed by atoms with Crippen LogP contribution < -0.4 is 10.1 Å². The average Bonchev–Trinajstić information content (AvgIpc) is 2.55. The van der Waals surface area contributed by atoms with Crippen LogP contribution in [0.4, 0.5) is 0 Å². The van der Waals surface area contributed by atoms with Crippen molar-refractivity contribution in [3.05, 3.63) is 64.7 Å². The van der Waals surface area contributed by atoms with Gasteiger partial charge in [0.05, 0.1) is 7.11 Å². The van der Waals surface area contributed by atoms with E-state index >= 15 is 0 Å². The van der Waals surface area contributed by atoms with Crippen LogP contribution in [0.3, 0.4) is 0 Å². The molecule has 0 aliphatic carbocycles. The molecule has 1 saturated heterocycles. The molecule has 0 aromatic heterocycles. The molecule has 1 aliphatic rings. The molecule has 3 rings (SSSR count). The maximum Gasteiger partial charge on any atom is 0.119 e. The monoisotopic (exact) mass is 301 g/mol. The molecule has 21 heavy (non-hydrogen) atoms. The van der Waals surface area contributed by atoms with E-state index in [1.165, 1.54) is 11.1 Å². The highest BCUT2D eigenvalue weighted by molar-refractivity contribution is 6.31. The van der Waals surface area contributed by atoms with Gasteiger partial charge in [0.1, 0.15) is 5.75 Å². The summed E-state index contributed by atoms with van der Waals surface area (Å²) in [6, 6.07) is 16.6. The van der Waals surface area contributed by atoms with Crippen LogP contribution in [0.15, 0.2) is 48.5 Å². The number of halogens is 1. The van der Waals surface area contributed by atoms with Crippen LogP contribution in [0.1, 0.15) is 29.4 Å². The fourth-order valence-electron chi connectivity index (χ4n) is 3.23. The molecule has 110 valence electrons. The van der Waals surface area contributed by atoms with Crippen LogP contribution in [0.25, 0.3) is 0 Å². The van der Waals surface area contributed by atoms with Crippen LogP contribution in [-0.4, -0.2) is 20.2 Å². The number of rotatable bonds is 3. The largest absolute Gasteiger partial charge is 0.497 e. The molecule has 0 radical (unpaired) electrons. The summed E-state index contributed by atoms with van der Waals surface area (Å²) in [7, 11) is 1.72. The first-order valence-corrected chi connectivity index (χ1v) is 7.76. The minimum atomic E-state index is 0.402. The second-order valence-corrected chi connectivity index (χ2v) is 5.91. The maximum atomic E-state index is 6.42. The minimum absolute atomic E-state index is 0.402. The van der Waals surface area contributed by atoms with Gasteiger partial charge in [-0.15, -0.1) is 0 Å². The highest BCUT2D eigenvalue weighted by atomic mass is 35.5. The van der Waals surface area contributed by atoms with Gasteiger partial charge in [0.2, 0.25) is 0 Å². The number of hydrogen-bond donors (Lipinski definition) is 1. The topological polar surface area (TPSA) is 21.3 Å². The number of methoxy groups -OCH3 is 1. The SMILES string of the molecule is COc1cccc(C2CCNCC2c2ccccc2Cl)c1. The second-order valence-electron chi connectivity index (χ2n) is 5.50. The Balaban J connectivity index is 1.96. The summed E-state index contributed by atoms with van der Waals surface area (Å²) in [5.41, 5.74) is 2.57. The molecule has 0 spiro atoms. The van der Waals surface area contributed by atoms with E-state index in [1.807, 2.05) is 18.2 Å². The quantitative estimate of drug-likeness (QED) is 0.917. The van der Waals surface area contributed by atoms with Gasteiger partial charge in [0.25, 0.3) is 0 Å². The number of hydrogen-bond acceptors (Lipinski definition) is 2. The number of piperidine rings is 1. The zero-order chi connectivity index (χ0) is 14.7. The Morgan fingerprint density at radius 2 is 1.95 bits per heavy atom. The summed E-state index contributed by atoms with van der Waals surface area (Å²) in [5.74, 6) is 1.80. The zero-order valence-electron chi connectivity index (χ0n) is 12.2. The lowest BCUT2D eigenvalue weighted by Crippen LogP contribution is -2.34. The van der Waals surface area contributed by atoms with E-state index < -0.39 is 0 Å². The lowest BCUT2D eigenvalue weighted by Gasteiger charge is -2.33. The first-order valence-electron chi connectivity index (χ1n) is 7.38. The minimum Gasteiger partial charge on any atom is -0.497 e. The van der Waals surface area contributed by atoms with E-state index in [0.29, 0.717) is 11.8 Å². The van der Waals surface area contributed by atoms with E-state index in [-0.39, 0.29) is 0 Å². The summed E-state index contributed by atoms with van der Waals surface area (Å²) >= 11 is 6.42. The van der Waals surface area contributed by atoms with Gasteiger partial charge in [0.15, 0.2) is 0 Å². The van der Waals surface area contributed by atoms with Crippen molar-refractivity contribution in [2.75, 3.05) is 20.2 Å². The molecule has 2 aromatic rings. The van der Waals surface area contributed by atoms with Gasteiger partial charge in [-0.25, -0.2) is 0 Å². The van der Waals surface area contributed by atoms with Crippen LogP contribution >= 0.6 is 11.6 Å². The van der Waals surface area contributed by atoms with Crippen molar-refractivity contribution >= 4 is 11.6 Å². The van der Waals surface area contributed by atoms with Crippen molar-refractivity contribution in [3.8, 4) is 5.75 Å². The summed E-state index contributed by atoms with van der Waals surface area (Å²) < 4.78 is 5.37. The average molecular weight is 302 g/mol. The number of benzene rings is 2. The first kappa shape index (κ1) is 14.4. The van der Waals surface area contributed by atoms with Crippen molar-refractivity contribution in [3.63, 3.8) is 0 Å². The molecule has 2 aromatic carbocycles. The van der Waals surface area contributed by atoms with Gasteiger partial charge >= 0.3 is 0 Å². The van der Waals surface area contributed by atoms with Crippen molar-refractivity contribution in [2.24, 2.45) is 0 Å². The summed E-state index contributed by atoms with van der Waals surface area (Å²) in [6.07, 6.45) is 1.11. The summed E-state index contributed by atoms with van der Waals surface area (Å²) in [6.45, 7) is 2.01. The molecule has 0 amide bonds. The lowest BCUT2D eigenvalue weighted by molar-refractivity contribution is 0.396. The van der Waals surface area contributed by atoms with Crippen molar-refractivity contribution in [2.45, 2.75) is 18.3 Å². The van der Waals surface area contributed by atoms with Gasteiger partial charge in [-0.1, -0.05) is 41.9 Å². The third-order valence-corrected chi connectivity index (χ3v) is 4.65. The van der Waals surface area contributed by atoms with Gasteiger partial charge in [-0.05, 0) is 48.2 Å². The molecule has 0 saturated carbocycles. The molecule has 2 unspecified atom stereocenters. The van der Waals surface area contributed by atoms with Crippen LogP contribution in [0.2, 0.25) is 5.02 Å². The second kappa shape index (κ2) is 6.50. The van der Waals surface area contributed by atoms with Crippen LogP contribution in [0, 0.1) is 0 Å². The van der Waals surface area contributed by atoms with E-state index in [0.717, 1.165) is 30.3 Å². The number of nitrogens with one attached hydrogen (secondary N) is 1. The molecule has 1 N–H and O–H groups in total. The van der Waals surface area contributed by atoms with Gasteiger partial charge < -0.3 is 10.1 Å². The highest BCUT2D eigenvalue weighted by Gasteiger charge is 2.29. The van der Waals surface area contributed by atoms with Crippen LogP contribution in [-0.2, 0) is 0 Å². The van der Waals surface area contributed by atoms with Crippen molar-refractivity contribution in [1.29, 1.82) is 0 Å². The molecule has 1 heterocycles. The van der Waals surface area contributed by atoms with E-state index in [2.05, 4.69) is 35.6 Å². The lowest BCUT2D eigenvalue weighted by atomic mass is 9.77. The summed E-state index contributed by atoms with van der Waals surface area (Å²) in [4.78, 5) is 0. The Bertz CT molecular complexity index is 614. The third kappa shape index (κ3) is 3.07. The van der Waals surface area contributed by atoms with Gasteiger partial charge in [-0.2, -0.15) is 0 Å². The van der Waals surface area contributed by atoms with Crippen molar-refractivity contribution < 1.29 is 4.74 Å². The standard InChI is InChI=1S/C18H20ClNO/c1-21-14-6-4-5-13(11-14)15-9-10-20-12-17(15)16-7-2-3-8-18(16)19/h2-8,11,15,17,20H,9-10,12H2,1H3. The predicted molar refractivity (Wildman–Crippen MR) is 87.4 cm³/mol. The molecule has 0 bridgehead atoms.